The van der Waals surface area contributed by atoms with Crippen LogP contribution in [-0.2, 0) is 0 Å². The fraction of sp³-hybridized carbons (Fsp3) is 0.100. The molecule has 0 aliphatic rings. The van der Waals surface area contributed by atoms with Crippen molar-refractivity contribution < 1.29 is 0 Å². The van der Waals surface area contributed by atoms with Crippen molar-refractivity contribution in [3.63, 3.8) is 0 Å². The van der Waals surface area contributed by atoms with Crippen LogP contribution in [0.25, 0.3) is 10.9 Å². The van der Waals surface area contributed by atoms with E-state index in [9.17, 15) is 0 Å². The van der Waals surface area contributed by atoms with Gasteiger partial charge in [-0.25, -0.2) is 4.98 Å². The van der Waals surface area contributed by atoms with Crippen LogP contribution in [0.3, 0.4) is 0 Å². The summed E-state index contributed by atoms with van der Waals surface area (Å²) in [6.07, 6.45) is 0. The van der Waals surface area contributed by atoms with Crippen LogP contribution in [0.1, 0.15) is 0 Å². The number of rotatable bonds is 1. The molecule has 3 heteroatoms. The van der Waals surface area contributed by atoms with Gasteiger partial charge in [0.2, 0.25) is 0 Å². The molecule has 2 rings (SSSR count). The fourth-order valence-electron chi connectivity index (χ4n) is 1.21. The highest BCUT2D eigenvalue weighted by molar-refractivity contribution is 6.31. The van der Waals surface area contributed by atoms with Crippen molar-refractivity contribution in [3.8, 4) is 0 Å². The first kappa shape index (κ1) is 8.32. The van der Waals surface area contributed by atoms with Crippen molar-refractivity contribution in [1.82, 2.24) is 10.3 Å². The first-order chi connectivity index (χ1) is 6.29. The lowest BCUT2D eigenvalue weighted by atomic mass is 10.2. The van der Waals surface area contributed by atoms with E-state index in [1.807, 2.05) is 30.3 Å². The van der Waals surface area contributed by atoms with E-state index in [2.05, 4.69) is 10.3 Å². The molecule has 1 aromatic carbocycles. The number of benzene rings is 1. The van der Waals surface area contributed by atoms with Gasteiger partial charge in [0.05, 0.1) is 5.52 Å². The van der Waals surface area contributed by atoms with Crippen molar-refractivity contribution in [2.24, 2.45) is 0 Å². The summed E-state index contributed by atoms with van der Waals surface area (Å²) in [5.41, 5.74) is 0.924. The van der Waals surface area contributed by atoms with Gasteiger partial charge in [-0.3, -0.25) is 5.32 Å². The summed E-state index contributed by atoms with van der Waals surface area (Å²) in [7, 11) is 1.73. The molecule has 0 aliphatic heterocycles. The van der Waals surface area contributed by atoms with Crippen molar-refractivity contribution in [1.29, 1.82) is 0 Å². The largest absolute Gasteiger partial charge is 0.270 e. The van der Waals surface area contributed by atoms with Crippen LogP contribution in [0.4, 0.5) is 5.82 Å². The summed E-state index contributed by atoms with van der Waals surface area (Å²) >= 11 is 5.84. The molecule has 65 valence electrons. The summed E-state index contributed by atoms with van der Waals surface area (Å²) in [5, 5.41) is 5.77. The molecule has 1 aromatic heterocycles. The number of hydrogen-bond donors (Lipinski definition) is 0. The standard InChI is InChI=1S/C10H8ClN2/c1-12-10-5-2-7-6-8(11)3-4-9(7)13-10/h2-6H,1H3. The molecule has 0 saturated heterocycles. The normalized spacial score (nSPS) is 10.3. The Hall–Kier alpha value is -1.28. The zero-order chi connectivity index (χ0) is 9.26. The zero-order valence-corrected chi connectivity index (χ0v) is 7.92. The Labute approximate surface area is 81.6 Å². The molecule has 2 aromatic rings. The van der Waals surface area contributed by atoms with E-state index in [0.717, 1.165) is 21.7 Å². The molecule has 2 nitrogen and oxygen atoms in total. The second-order valence-electron chi connectivity index (χ2n) is 2.73. The number of nitrogens with zero attached hydrogens (tertiary/aromatic N) is 2. The highest BCUT2D eigenvalue weighted by atomic mass is 35.5. The van der Waals surface area contributed by atoms with Gasteiger partial charge in [0.25, 0.3) is 0 Å². The maximum atomic E-state index is 5.84. The minimum atomic E-state index is 0.732. The fourth-order valence-corrected chi connectivity index (χ4v) is 1.39. The highest BCUT2D eigenvalue weighted by Crippen LogP contribution is 2.19. The minimum Gasteiger partial charge on any atom is -0.270 e. The van der Waals surface area contributed by atoms with Crippen molar-refractivity contribution >= 4 is 28.3 Å². The smallest absolute Gasteiger partial charge is 0.147 e. The van der Waals surface area contributed by atoms with Gasteiger partial charge in [0, 0.05) is 17.5 Å². The first-order valence-corrected chi connectivity index (χ1v) is 4.33. The molecule has 13 heavy (non-hydrogen) atoms. The Bertz CT molecular complexity index is 440. The first-order valence-electron chi connectivity index (χ1n) is 3.96. The molecule has 1 heterocycles. The van der Waals surface area contributed by atoms with Gasteiger partial charge in [0.1, 0.15) is 5.82 Å². The Morgan fingerprint density at radius 1 is 1.23 bits per heavy atom. The molecule has 0 fully saturated rings. The average molecular weight is 192 g/mol. The highest BCUT2D eigenvalue weighted by Gasteiger charge is 1.97. The number of aromatic nitrogens is 1. The van der Waals surface area contributed by atoms with Crippen LogP contribution in [-0.4, -0.2) is 12.0 Å². The van der Waals surface area contributed by atoms with Crippen LogP contribution in [0.5, 0.6) is 0 Å². The molecule has 0 bridgehead atoms. The van der Waals surface area contributed by atoms with Crippen LogP contribution in [0.15, 0.2) is 30.3 Å². The van der Waals surface area contributed by atoms with Crippen LogP contribution >= 0.6 is 11.6 Å². The molecule has 0 atom stereocenters. The molecular weight excluding hydrogens is 184 g/mol. The van der Waals surface area contributed by atoms with Gasteiger partial charge >= 0.3 is 0 Å². The quantitative estimate of drug-likeness (QED) is 0.681. The van der Waals surface area contributed by atoms with Crippen molar-refractivity contribution in [3.05, 3.63) is 35.4 Å². The monoisotopic (exact) mass is 191 g/mol. The number of pyridine rings is 1. The Morgan fingerprint density at radius 3 is 2.85 bits per heavy atom. The third kappa shape index (κ3) is 1.58. The number of hydrogen-bond acceptors (Lipinski definition) is 1. The predicted octanol–water partition coefficient (Wildman–Crippen LogP) is 2.75. The van der Waals surface area contributed by atoms with Gasteiger partial charge in [-0.1, -0.05) is 11.6 Å². The van der Waals surface area contributed by atoms with Gasteiger partial charge in [-0.15, -0.1) is 0 Å². The Balaban J connectivity index is 2.66. The lowest BCUT2D eigenvalue weighted by molar-refractivity contribution is 1.04. The van der Waals surface area contributed by atoms with E-state index in [1.165, 1.54) is 0 Å². The van der Waals surface area contributed by atoms with Crippen molar-refractivity contribution in [2.45, 2.75) is 0 Å². The summed E-state index contributed by atoms with van der Waals surface area (Å²) < 4.78 is 0. The Morgan fingerprint density at radius 2 is 2.08 bits per heavy atom. The molecule has 0 amide bonds. The molecule has 0 unspecified atom stereocenters. The minimum absolute atomic E-state index is 0.732. The lowest BCUT2D eigenvalue weighted by Gasteiger charge is -2.00. The van der Waals surface area contributed by atoms with Gasteiger partial charge in [-0.2, -0.15) is 0 Å². The Kier molecular flexibility index (Phi) is 2.07. The predicted molar refractivity (Wildman–Crippen MR) is 54.5 cm³/mol. The van der Waals surface area contributed by atoms with E-state index in [-0.39, 0.29) is 0 Å². The number of halogens is 1. The van der Waals surface area contributed by atoms with Gasteiger partial charge < -0.3 is 0 Å². The molecule has 0 N–H and O–H groups in total. The van der Waals surface area contributed by atoms with Crippen molar-refractivity contribution in [2.75, 3.05) is 7.05 Å². The average Bonchev–Trinajstić information content (AvgIpc) is 2.17. The number of fused-ring (bicyclic) bond motifs is 1. The van der Waals surface area contributed by atoms with E-state index >= 15 is 0 Å². The van der Waals surface area contributed by atoms with E-state index < -0.39 is 0 Å². The van der Waals surface area contributed by atoms with Gasteiger partial charge in [0.15, 0.2) is 0 Å². The third-order valence-electron chi connectivity index (χ3n) is 1.87. The van der Waals surface area contributed by atoms with E-state index in [4.69, 9.17) is 11.6 Å². The van der Waals surface area contributed by atoms with Crippen LogP contribution in [0.2, 0.25) is 5.02 Å². The molecular formula is C10H8ClN2. The summed E-state index contributed by atoms with van der Waals surface area (Å²) in [6.45, 7) is 0. The lowest BCUT2D eigenvalue weighted by Crippen LogP contribution is -1.90. The molecule has 1 radical (unpaired) electrons. The summed E-state index contributed by atoms with van der Waals surface area (Å²) in [5.74, 6) is 0.745. The third-order valence-corrected chi connectivity index (χ3v) is 2.10. The zero-order valence-electron chi connectivity index (χ0n) is 7.16. The second kappa shape index (κ2) is 3.23. The molecule has 0 spiro atoms. The summed E-state index contributed by atoms with van der Waals surface area (Å²) in [6, 6.07) is 9.46. The van der Waals surface area contributed by atoms with E-state index in [1.54, 1.807) is 7.05 Å². The SMILES string of the molecule is C[N]c1ccc2cc(Cl)ccc2n1. The summed E-state index contributed by atoms with van der Waals surface area (Å²) in [4.78, 5) is 4.31. The van der Waals surface area contributed by atoms with Crippen LogP contribution < -0.4 is 5.32 Å². The van der Waals surface area contributed by atoms with E-state index in [0.29, 0.717) is 0 Å². The van der Waals surface area contributed by atoms with Gasteiger partial charge in [-0.05, 0) is 30.3 Å². The molecule has 0 saturated carbocycles. The van der Waals surface area contributed by atoms with Crippen LogP contribution in [0, 0.1) is 0 Å². The molecule has 0 aliphatic carbocycles. The maximum Gasteiger partial charge on any atom is 0.147 e. The second-order valence-corrected chi connectivity index (χ2v) is 3.17. The topological polar surface area (TPSA) is 27.0 Å². The maximum absolute atomic E-state index is 5.84.